The van der Waals surface area contributed by atoms with Gasteiger partial charge in [0.05, 0.1) is 5.56 Å². The Hall–Kier alpha value is -2.53. The fourth-order valence-electron chi connectivity index (χ4n) is 2.29. The molecule has 0 saturated carbocycles. The number of primary amides is 1. The normalized spacial score (nSPS) is 11.6. The summed E-state index contributed by atoms with van der Waals surface area (Å²) in [5.74, 6) is -0.301. The van der Waals surface area contributed by atoms with Crippen LogP contribution in [0.25, 0.3) is 0 Å². The second kappa shape index (κ2) is 8.53. The van der Waals surface area contributed by atoms with E-state index >= 15 is 0 Å². The SMILES string of the molecule is CC[C@@H](C)c1ccc(NC(=O)COc2ccc(Cl)cc2C(N)=O)cc1. The molecule has 0 aliphatic rings. The van der Waals surface area contributed by atoms with E-state index in [4.69, 9.17) is 22.1 Å². The van der Waals surface area contributed by atoms with Gasteiger partial charge in [0.2, 0.25) is 0 Å². The van der Waals surface area contributed by atoms with Gasteiger partial charge in [-0.15, -0.1) is 0 Å². The maximum Gasteiger partial charge on any atom is 0.262 e. The first-order chi connectivity index (χ1) is 11.9. The highest BCUT2D eigenvalue weighted by atomic mass is 35.5. The molecule has 0 saturated heterocycles. The van der Waals surface area contributed by atoms with E-state index < -0.39 is 5.91 Å². The molecule has 0 radical (unpaired) electrons. The fourth-order valence-corrected chi connectivity index (χ4v) is 2.46. The van der Waals surface area contributed by atoms with E-state index in [1.165, 1.54) is 17.7 Å². The molecule has 0 unspecified atom stereocenters. The first-order valence-electron chi connectivity index (χ1n) is 8.02. The minimum atomic E-state index is -0.668. The number of halogens is 1. The largest absolute Gasteiger partial charge is 0.483 e. The van der Waals surface area contributed by atoms with Gasteiger partial charge in [0.1, 0.15) is 5.75 Å². The monoisotopic (exact) mass is 360 g/mol. The van der Waals surface area contributed by atoms with Crippen LogP contribution in [-0.2, 0) is 4.79 Å². The highest BCUT2D eigenvalue weighted by Crippen LogP contribution is 2.23. The molecule has 0 spiro atoms. The molecule has 0 aliphatic carbocycles. The van der Waals surface area contributed by atoms with Crippen molar-refractivity contribution in [1.82, 2.24) is 0 Å². The van der Waals surface area contributed by atoms with E-state index in [-0.39, 0.29) is 23.8 Å². The average molecular weight is 361 g/mol. The highest BCUT2D eigenvalue weighted by molar-refractivity contribution is 6.31. The number of carbonyl (C=O) groups is 2. The maximum atomic E-state index is 12.0. The van der Waals surface area contributed by atoms with Crippen molar-refractivity contribution in [1.29, 1.82) is 0 Å². The van der Waals surface area contributed by atoms with Gasteiger partial charge >= 0.3 is 0 Å². The zero-order chi connectivity index (χ0) is 18.4. The van der Waals surface area contributed by atoms with Gasteiger partial charge in [-0.25, -0.2) is 0 Å². The van der Waals surface area contributed by atoms with Gasteiger partial charge in [-0.3, -0.25) is 9.59 Å². The van der Waals surface area contributed by atoms with Gasteiger partial charge in [0.15, 0.2) is 6.61 Å². The second-order valence-corrected chi connectivity index (χ2v) is 6.21. The van der Waals surface area contributed by atoms with Crippen LogP contribution < -0.4 is 15.8 Å². The van der Waals surface area contributed by atoms with Gasteiger partial charge in [-0.1, -0.05) is 37.6 Å². The summed E-state index contributed by atoms with van der Waals surface area (Å²) < 4.78 is 5.40. The summed E-state index contributed by atoms with van der Waals surface area (Å²) >= 11 is 5.83. The van der Waals surface area contributed by atoms with Crippen LogP contribution in [0.4, 0.5) is 5.69 Å². The highest BCUT2D eigenvalue weighted by Gasteiger charge is 2.12. The van der Waals surface area contributed by atoms with Crippen LogP contribution in [0.15, 0.2) is 42.5 Å². The number of nitrogens with one attached hydrogen (secondary N) is 1. The van der Waals surface area contributed by atoms with E-state index in [0.717, 1.165) is 6.42 Å². The van der Waals surface area contributed by atoms with Crippen molar-refractivity contribution < 1.29 is 14.3 Å². The Bertz CT molecular complexity index is 760. The number of benzene rings is 2. The maximum absolute atomic E-state index is 12.0. The van der Waals surface area contributed by atoms with Crippen LogP contribution >= 0.6 is 11.6 Å². The quantitative estimate of drug-likeness (QED) is 0.783. The number of anilines is 1. The van der Waals surface area contributed by atoms with E-state index in [1.807, 2.05) is 24.3 Å². The smallest absolute Gasteiger partial charge is 0.262 e. The molecule has 0 aliphatic heterocycles. The summed E-state index contributed by atoms with van der Waals surface area (Å²) in [7, 11) is 0. The van der Waals surface area contributed by atoms with Crippen molar-refractivity contribution in [2.45, 2.75) is 26.2 Å². The number of amides is 2. The molecule has 2 aromatic rings. The molecule has 0 fully saturated rings. The number of nitrogens with two attached hydrogens (primary N) is 1. The predicted octanol–water partition coefficient (Wildman–Crippen LogP) is 3.97. The van der Waals surface area contributed by atoms with Crippen molar-refractivity contribution in [3.63, 3.8) is 0 Å². The Morgan fingerprint density at radius 2 is 1.88 bits per heavy atom. The second-order valence-electron chi connectivity index (χ2n) is 5.77. The Morgan fingerprint density at radius 3 is 2.48 bits per heavy atom. The van der Waals surface area contributed by atoms with Gasteiger partial charge in [0, 0.05) is 10.7 Å². The number of hydrogen-bond donors (Lipinski definition) is 2. The third-order valence-corrected chi connectivity index (χ3v) is 4.18. The van der Waals surface area contributed by atoms with Crippen molar-refractivity contribution in [2.75, 3.05) is 11.9 Å². The van der Waals surface area contributed by atoms with Crippen molar-refractivity contribution in [3.8, 4) is 5.75 Å². The summed E-state index contributed by atoms with van der Waals surface area (Å²) in [4.78, 5) is 23.4. The molecule has 6 heteroatoms. The fraction of sp³-hybridized carbons (Fsp3) is 0.263. The number of carbonyl (C=O) groups excluding carboxylic acids is 2. The lowest BCUT2D eigenvalue weighted by Crippen LogP contribution is -2.21. The molecule has 132 valence electrons. The summed E-state index contributed by atoms with van der Waals surface area (Å²) in [6.07, 6.45) is 1.06. The average Bonchev–Trinajstić information content (AvgIpc) is 2.60. The van der Waals surface area contributed by atoms with Gasteiger partial charge in [0.25, 0.3) is 11.8 Å². The Labute approximate surface area is 152 Å². The van der Waals surface area contributed by atoms with E-state index in [0.29, 0.717) is 16.6 Å². The third kappa shape index (κ3) is 5.22. The number of ether oxygens (including phenoxy) is 1. The number of hydrogen-bond acceptors (Lipinski definition) is 3. The lowest BCUT2D eigenvalue weighted by atomic mass is 9.99. The first kappa shape index (κ1) is 18.8. The van der Waals surface area contributed by atoms with E-state index in [1.54, 1.807) is 6.07 Å². The third-order valence-electron chi connectivity index (χ3n) is 3.94. The van der Waals surface area contributed by atoms with Crippen LogP contribution in [0, 0.1) is 0 Å². The van der Waals surface area contributed by atoms with Crippen molar-refractivity contribution in [2.24, 2.45) is 5.73 Å². The lowest BCUT2D eigenvalue weighted by molar-refractivity contribution is -0.118. The molecule has 2 aromatic carbocycles. The van der Waals surface area contributed by atoms with Crippen LogP contribution in [0.1, 0.15) is 42.1 Å². The molecule has 3 N–H and O–H groups in total. The minimum absolute atomic E-state index is 0.137. The molecule has 5 nitrogen and oxygen atoms in total. The molecule has 25 heavy (non-hydrogen) atoms. The topological polar surface area (TPSA) is 81.4 Å². The van der Waals surface area contributed by atoms with Gasteiger partial charge in [-0.2, -0.15) is 0 Å². The van der Waals surface area contributed by atoms with Crippen molar-refractivity contribution in [3.05, 3.63) is 58.6 Å². The standard InChI is InChI=1S/C19H21ClN2O3/c1-3-12(2)13-4-7-15(8-5-13)22-18(23)11-25-17-9-6-14(20)10-16(17)19(21)24/h4-10,12H,3,11H2,1-2H3,(H2,21,24)(H,22,23)/t12-/m1/s1. The summed E-state index contributed by atoms with van der Waals surface area (Å²) in [6.45, 7) is 4.05. The molecule has 0 heterocycles. The molecule has 0 bridgehead atoms. The zero-order valence-electron chi connectivity index (χ0n) is 14.2. The first-order valence-corrected chi connectivity index (χ1v) is 8.40. The van der Waals surface area contributed by atoms with Crippen LogP contribution in [0.5, 0.6) is 5.75 Å². The minimum Gasteiger partial charge on any atom is -0.483 e. The Kier molecular flexibility index (Phi) is 6.42. The predicted molar refractivity (Wildman–Crippen MR) is 99.2 cm³/mol. The van der Waals surface area contributed by atoms with Crippen LogP contribution in [-0.4, -0.2) is 18.4 Å². The van der Waals surface area contributed by atoms with Crippen LogP contribution in [0.3, 0.4) is 0 Å². The van der Waals surface area contributed by atoms with E-state index in [2.05, 4.69) is 19.2 Å². The molecular formula is C19H21ClN2O3. The molecule has 0 aromatic heterocycles. The van der Waals surface area contributed by atoms with E-state index in [9.17, 15) is 9.59 Å². The number of rotatable bonds is 7. The summed E-state index contributed by atoms with van der Waals surface area (Å²) in [5.41, 5.74) is 7.34. The van der Waals surface area contributed by atoms with Crippen LogP contribution in [0.2, 0.25) is 5.02 Å². The summed E-state index contributed by atoms with van der Waals surface area (Å²) in [6, 6.07) is 12.2. The molecule has 2 amide bonds. The summed E-state index contributed by atoms with van der Waals surface area (Å²) in [5, 5.41) is 3.12. The van der Waals surface area contributed by atoms with Gasteiger partial charge < -0.3 is 15.8 Å². The lowest BCUT2D eigenvalue weighted by Gasteiger charge is -2.12. The molecule has 2 rings (SSSR count). The Morgan fingerprint density at radius 1 is 1.20 bits per heavy atom. The zero-order valence-corrected chi connectivity index (χ0v) is 15.0. The molecule has 1 atom stereocenters. The molecular weight excluding hydrogens is 340 g/mol. The Balaban J connectivity index is 1.96. The van der Waals surface area contributed by atoms with Gasteiger partial charge in [-0.05, 0) is 48.2 Å². The van der Waals surface area contributed by atoms with Crippen molar-refractivity contribution >= 4 is 29.1 Å².